The van der Waals surface area contributed by atoms with Crippen molar-refractivity contribution in [2.75, 3.05) is 31.6 Å². The number of ether oxygens (including phenoxy) is 2. The number of hydrogen-bond donors (Lipinski definition) is 1. The van der Waals surface area contributed by atoms with Crippen LogP contribution in [-0.2, 0) is 26.2 Å². The molecule has 0 bridgehead atoms. The van der Waals surface area contributed by atoms with Gasteiger partial charge in [-0.15, -0.1) is 0 Å². The fraction of sp³-hybridized carbons (Fsp3) is 0.333. The SMILES string of the molecule is CCNC(=O)C(CC)N(Cc1ccc(OC)cc1)C(=O)CN(c1ccccc1OC)S(=O)(=O)c1ccc(C)cc1. The first-order valence-corrected chi connectivity index (χ1v) is 14.5. The highest BCUT2D eigenvalue weighted by molar-refractivity contribution is 7.92. The minimum Gasteiger partial charge on any atom is -0.497 e. The smallest absolute Gasteiger partial charge is 0.264 e. The van der Waals surface area contributed by atoms with Crippen LogP contribution in [0.5, 0.6) is 11.5 Å². The van der Waals surface area contributed by atoms with Crippen LogP contribution < -0.4 is 19.1 Å². The molecule has 3 rings (SSSR count). The minimum absolute atomic E-state index is 0.0364. The summed E-state index contributed by atoms with van der Waals surface area (Å²) in [6.45, 7) is 5.44. The summed E-state index contributed by atoms with van der Waals surface area (Å²) in [4.78, 5) is 28.6. The molecule has 0 fully saturated rings. The Balaban J connectivity index is 2.08. The molecule has 40 heavy (non-hydrogen) atoms. The van der Waals surface area contributed by atoms with Crippen LogP contribution in [0.4, 0.5) is 5.69 Å². The highest BCUT2D eigenvalue weighted by atomic mass is 32.2. The quantitative estimate of drug-likeness (QED) is 0.333. The van der Waals surface area contributed by atoms with Crippen LogP contribution >= 0.6 is 0 Å². The predicted octanol–water partition coefficient (Wildman–Crippen LogP) is 4.15. The van der Waals surface area contributed by atoms with Crippen LogP contribution in [-0.4, -0.2) is 58.5 Å². The van der Waals surface area contributed by atoms with E-state index in [1.165, 1.54) is 24.1 Å². The van der Waals surface area contributed by atoms with Crippen LogP contribution in [0.25, 0.3) is 0 Å². The molecule has 1 unspecified atom stereocenters. The molecule has 0 saturated heterocycles. The van der Waals surface area contributed by atoms with E-state index in [4.69, 9.17) is 9.47 Å². The molecule has 1 atom stereocenters. The van der Waals surface area contributed by atoms with E-state index in [-0.39, 0.29) is 23.0 Å². The number of rotatable bonds is 13. The van der Waals surface area contributed by atoms with Gasteiger partial charge in [0.25, 0.3) is 10.0 Å². The first-order chi connectivity index (χ1) is 19.2. The fourth-order valence-corrected chi connectivity index (χ4v) is 5.75. The molecule has 0 saturated carbocycles. The maximum Gasteiger partial charge on any atom is 0.264 e. The third-order valence-corrected chi connectivity index (χ3v) is 8.26. The second kappa shape index (κ2) is 13.8. The van der Waals surface area contributed by atoms with E-state index < -0.39 is 28.5 Å². The molecular weight excluding hydrogens is 530 g/mol. The maximum atomic E-state index is 14.1. The summed E-state index contributed by atoms with van der Waals surface area (Å²) < 4.78 is 39.7. The van der Waals surface area contributed by atoms with Gasteiger partial charge in [-0.2, -0.15) is 0 Å². The normalized spacial score (nSPS) is 11.8. The zero-order chi connectivity index (χ0) is 29.3. The van der Waals surface area contributed by atoms with E-state index in [1.54, 1.807) is 62.6 Å². The van der Waals surface area contributed by atoms with Crippen molar-refractivity contribution in [3.05, 3.63) is 83.9 Å². The van der Waals surface area contributed by atoms with Crippen molar-refractivity contribution in [1.82, 2.24) is 10.2 Å². The summed E-state index contributed by atoms with van der Waals surface area (Å²) in [6, 6.07) is 19.4. The van der Waals surface area contributed by atoms with E-state index in [1.807, 2.05) is 26.0 Å². The lowest BCUT2D eigenvalue weighted by Crippen LogP contribution is -2.52. The van der Waals surface area contributed by atoms with Gasteiger partial charge >= 0.3 is 0 Å². The number of anilines is 1. The molecular formula is C30H37N3O6S. The van der Waals surface area contributed by atoms with Gasteiger partial charge in [-0.3, -0.25) is 13.9 Å². The summed E-state index contributed by atoms with van der Waals surface area (Å²) in [5.41, 5.74) is 1.88. The van der Waals surface area contributed by atoms with Gasteiger partial charge in [0.05, 0.1) is 24.8 Å². The van der Waals surface area contributed by atoms with Crippen molar-refractivity contribution in [2.24, 2.45) is 0 Å². The number of nitrogens with one attached hydrogen (secondary N) is 1. The largest absolute Gasteiger partial charge is 0.497 e. The number of methoxy groups -OCH3 is 2. The third-order valence-electron chi connectivity index (χ3n) is 6.49. The van der Waals surface area contributed by atoms with Crippen molar-refractivity contribution < 1.29 is 27.5 Å². The molecule has 3 aromatic rings. The van der Waals surface area contributed by atoms with E-state index >= 15 is 0 Å². The van der Waals surface area contributed by atoms with Crippen molar-refractivity contribution in [3.63, 3.8) is 0 Å². The first kappa shape index (κ1) is 30.5. The first-order valence-electron chi connectivity index (χ1n) is 13.1. The molecule has 0 aromatic heterocycles. The van der Waals surface area contributed by atoms with Crippen LogP contribution in [0.15, 0.2) is 77.7 Å². The zero-order valence-corrected chi connectivity index (χ0v) is 24.4. The van der Waals surface area contributed by atoms with E-state index in [2.05, 4.69) is 5.32 Å². The summed E-state index contributed by atoms with van der Waals surface area (Å²) in [5, 5.41) is 2.80. The molecule has 214 valence electrons. The molecule has 0 spiro atoms. The molecule has 0 heterocycles. The molecule has 0 aliphatic heterocycles. The highest BCUT2D eigenvalue weighted by Crippen LogP contribution is 2.32. The summed E-state index contributed by atoms with van der Waals surface area (Å²) in [7, 11) is -1.18. The van der Waals surface area contributed by atoms with Crippen LogP contribution in [0.3, 0.4) is 0 Å². The Labute approximate surface area is 236 Å². The Morgan fingerprint density at radius 1 is 0.900 bits per heavy atom. The number of amides is 2. The lowest BCUT2D eigenvalue weighted by atomic mass is 10.1. The molecule has 1 N–H and O–H groups in total. The number of nitrogens with zero attached hydrogens (tertiary/aromatic N) is 2. The van der Waals surface area contributed by atoms with Crippen molar-refractivity contribution in [2.45, 2.75) is 44.7 Å². The number of carbonyl (C=O) groups is 2. The van der Waals surface area contributed by atoms with Gasteiger partial charge in [0.1, 0.15) is 24.1 Å². The summed E-state index contributed by atoms with van der Waals surface area (Å²) in [6.07, 6.45) is 0.340. The molecule has 0 aliphatic carbocycles. The molecule has 0 radical (unpaired) electrons. The average molecular weight is 568 g/mol. The average Bonchev–Trinajstić information content (AvgIpc) is 2.96. The van der Waals surface area contributed by atoms with Gasteiger partial charge in [-0.1, -0.05) is 48.9 Å². The van der Waals surface area contributed by atoms with E-state index in [0.717, 1.165) is 15.4 Å². The Morgan fingerprint density at radius 3 is 2.12 bits per heavy atom. The second-order valence-corrected chi connectivity index (χ2v) is 11.0. The Hall–Kier alpha value is -4.05. The molecule has 3 aromatic carbocycles. The minimum atomic E-state index is -4.19. The Bertz CT molecular complexity index is 1390. The number of aryl methyl sites for hydroxylation is 1. The number of likely N-dealkylation sites (N-methyl/N-ethyl adjacent to an activating group) is 1. The predicted molar refractivity (Wildman–Crippen MR) is 155 cm³/mol. The standard InChI is InChI=1S/C30H37N3O6S/c1-6-26(30(35)31-7-2)32(20-23-14-16-24(38-4)17-15-23)29(34)21-33(27-10-8-9-11-28(27)39-5)40(36,37)25-18-12-22(3)13-19-25/h8-19,26H,6-7,20-21H2,1-5H3,(H,31,35). The second-order valence-electron chi connectivity index (χ2n) is 9.18. The number of para-hydroxylation sites is 2. The van der Waals surface area contributed by atoms with Gasteiger partial charge in [-0.05, 0) is 62.2 Å². The topological polar surface area (TPSA) is 105 Å². The highest BCUT2D eigenvalue weighted by Gasteiger charge is 2.34. The van der Waals surface area contributed by atoms with E-state index in [9.17, 15) is 18.0 Å². The Kier molecular flexibility index (Phi) is 10.6. The van der Waals surface area contributed by atoms with Crippen molar-refractivity contribution in [1.29, 1.82) is 0 Å². The molecule has 0 aliphatic rings. The molecule has 9 nitrogen and oxygen atoms in total. The molecule has 10 heteroatoms. The summed E-state index contributed by atoms with van der Waals surface area (Å²) in [5.74, 6) is 0.111. The number of sulfonamides is 1. The number of benzene rings is 3. The zero-order valence-electron chi connectivity index (χ0n) is 23.6. The van der Waals surface area contributed by atoms with Crippen molar-refractivity contribution in [3.8, 4) is 11.5 Å². The molecule has 2 amide bonds. The van der Waals surface area contributed by atoms with Gasteiger partial charge < -0.3 is 19.7 Å². The lowest BCUT2D eigenvalue weighted by Gasteiger charge is -2.33. The summed E-state index contributed by atoms with van der Waals surface area (Å²) >= 11 is 0. The Morgan fingerprint density at radius 2 is 1.55 bits per heavy atom. The van der Waals surface area contributed by atoms with Gasteiger partial charge in [0.2, 0.25) is 11.8 Å². The number of hydrogen-bond acceptors (Lipinski definition) is 6. The maximum absolute atomic E-state index is 14.1. The monoisotopic (exact) mass is 567 g/mol. The fourth-order valence-electron chi connectivity index (χ4n) is 4.33. The van der Waals surface area contributed by atoms with Crippen LogP contribution in [0, 0.1) is 6.92 Å². The number of carbonyl (C=O) groups excluding carboxylic acids is 2. The van der Waals surface area contributed by atoms with E-state index in [0.29, 0.717) is 24.5 Å². The lowest BCUT2D eigenvalue weighted by molar-refractivity contribution is -0.140. The van der Waals surface area contributed by atoms with Gasteiger partial charge in [0, 0.05) is 13.1 Å². The van der Waals surface area contributed by atoms with Gasteiger partial charge in [-0.25, -0.2) is 8.42 Å². The van der Waals surface area contributed by atoms with Crippen molar-refractivity contribution >= 4 is 27.5 Å². The third kappa shape index (κ3) is 7.12. The van der Waals surface area contributed by atoms with Crippen LogP contribution in [0.2, 0.25) is 0 Å². The van der Waals surface area contributed by atoms with Crippen LogP contribution in [0.1, 0.15) is 31.4 Å². The van der Waals surface area contributed by atoms with Gasteiger partial charge in [0.15, 0.2) is 0 Å².